The molecule has 4 nitrogen and oxygen atoms in total. The summed E-state index contributed by atoms with van der Waals surface area (Å²) in [6, 6.07) is 3.46. The molecule has 0 fully saturated rings. The zero-order valence-corrected chi connectivity index (χ0v) is 9.24. The van der Waals surface area contributed by atoms with E-state index in [1.165, 1.54) is 12.3 Å². The number of anilines is 1. The minimum atomic E-state index is -0.752. The third kappa shape index (κ3) is 4.18. The second kappa shape index (κ2) is 6.57. The van der Waals surface area contributed by atoms with Gasteiger partial charge in [-0.15, -0.1) is 0 Å². The molecular formula is C11H12F2N2O2. The maximum atomic E-state index is 13.1. The highest BCUT2D eigenvalue weighted by molar-refractivity contribution is 5.86. The monoisotopic (exact) mass is 242 g/mol. The minimum Gasteiger partial charge on any atom is -0.466 e. The number of ether oxygens (including phenoxy) is 1. The van der Waals surface area contributed by atoms with Crippen LogP contribution in [0.2, 0.25) is 0 Å². The van der Waals surface area contributed by atoms with Gasteiger partial charge >= 0.3 is 5.97 Å². The standard InChI is InChI=1S/C11H12F2N2O2/c1-2-17-10(16)6-7-14-15-11-8(12)4-3-5-9(11)13/h3-5,7,15H,2,6H2,1H3. The number of carbonyl (C=O) groups excluding carboxylic acids is 1. The second-order valence-electron chi connectivity index (χ2n) is 3.03. The van der Waals surface area contributed by atoms with Crippen molar-refractivity contribution in [3.05, 3.63) is 29.8 Å². The molecule has 1 rings (SSSR count). The number of hydrogen-bond acceptors (Lipinski definition) is 4. The van der Waals surface area contributed by atoms with Crippen LogP contribution in [0.25, 0.3) is 0 Å². The molecule has 0 saturated heterocycles. The predicted octanol–water partition coefficient (Wildman–Crippen LogP) is 2.32. The maximum absolute atomic E-state index is 13.1. The van der Waals surface area contributed by atoms with Crippen LogP contribution in [0.3, 0.4) is 0 Å². The van der Waals surface area contributed by atoms with Crippen LogP contribution >= 0.6 is 0 Å². The van der Waals surface area contributed by atoms with Crippen molar-refractivity contribution >= 4 is 17.9 Å². The second-order valence-corrected chi connectivity index (χ2v) is 3.03. The molecule has 0 atom stereocenters. The van der Waals surface area contributed by atoms with Gasteiger partial charge in [0.1, 0.15) is 5.69 Å². The molecule has 0 aromatic heterocycles. The number of nitrogens with zero attached hydrogens (tertiary/aromatic N) is 1. The molecule has 0 saturated carbocycles. The van der Waals surface area contributed by atoms with Crippen molar-refractivity contribution in [1.29, 1.82) is 0 Å². The molecule has 0 aliphatic heterocycles. The molecule has 0 bridgehead atoms. The summed E-state index contributed by atoms with van der Waals surface area (Å²) in [5.41, 5.74) is 1.84. The van der Waals surface area contributed by atoms with Crippen molar-refractivity contribution in [3.8, 4) is 0 Å². The molecule has 0 spiro atoms. The van der Waals surface area contributed by atoms with Gasteiger partial charge in [0.25, 0.3) is 0 Å². The van der Waals surface area contributed by atoms with Crippen LogP contribution in [0, 0.1) is 11.6 Å². The molecule has 1 N–H and O–H groups in total. The van der Waals surface area contributed by atoms with Crippen LogP contribution < -0.4 is 5.43 Å². The molecule has 0 heterocycles. The third-order valence-corrected chi connectivity index (χ3v) is 1.79. The highest BCUT2D eigenvalue weighted by Crippen LogP contribution is 2.17. The first-order chi connectivity index (χ1) is 8.15. The summed E-state index contributed by atoms with van der Waals surface area (Å²) in [6.07, 6.45) is 1.13. The topological polar surface area (TPSA) is 50.7 Å². The zero-order valence-electron chi connectivity index (χ0n) is 9.24. The van der Waals surface area contributed by atoms with Crippen molar-refractivity contribution in [1.82, 2.24) is 0 Å². The van der Waals surface area contributed by atoms with Crippen LogP contribution in [0.15, 0.2) is 23.3 Å². The lowest BCUT2D eigenvalue weighted by atomic mass is 10.3. The van der Waals surface area contributed by atoms with Crippen molar-refractivity contribution < 1.29 is 18.3 Å². The fourth-order valence-corrected chi connectivity index (χ4v) is 1.05. The van der Waals surface area contributed by atoms with Gasteiger partial charge < -0.3 is 4.74 Å². The summed E-state index contributed by atoms with van der Waals surface area (Å²) in [6.45, 7) is 1.96. The van der Waals surface area contributed by atoms with E-state index in [4.69, 9.17) is 0 Å². The largest absolute Gasteiger partial charge is 0.466 e. The van der Waals surface area contributed by atoms with Gasteiger partial charge in [0.05, 0.1) is 13.0 Å². The summed E-state index contributed by atoms with van der Waals surface area (Å²) in [5, 5.41) is 3.53. The number of para-hydroxylation sites is 1. The van der Waals surface area contributed by atoms with Crippen LogP contribution in [0.5, 0.6) is 0 Å². The molecule has 17 heavy (non-hydrogen) atoms. The third-order valence-electron chi connectivity index (χ3n) is 1.79. The highest BCUT2D eigenvalue weighted by atomic mass is 19.1. The Morgan fingerprint density at radius 1 is 1.47 bits per heavy atom. The van der Waals surface area contributed by atoms with Gasteiger partial charge in [0.2, 0.25) is 0 Å². The number of benzene rings is 1. The molecule has 1 aromatic rings. The molecular weight excluding hydrogens is 230 g/mol. The fraction of sp³-hybridized carbons (Fsp3) is 0.273. The number of hydrogen-bond donors (Lipinski definition) is 1. The van der Waals surface area contributed by atoms with Gasteiger partial charge in [0.15, 0.2) is 11.6 Å². The van der Waals surface area contributed by atoms with Gasteiger partial charge in [-0.25, -0.2) is 8.78 Å². The van der Waals surface area contributed by atoms with Gasteiger partial charge in [-0.2, -0.15) is 5.10 Å². The number of nitrogens with one attached hydrogen (secondary N) is 1. The molecule has 0 radical (unpaired) electrons. The van der Waals surface area contributed by atoms with E-state index in [-0.39, 0.29) is 18.7 Å². The van der Waals surface area contributed by atoms with Crippen LogP contribution in [-0.4, -0.2) is 18.8 Å². The van der Waals surface area contributed by atoms with Crippen LogP contribution in [0.4, 0.5) is 14.5 Å². The van der Waals surface area contributed by atoms with E-state index in [0.29, 0.717) is 0 Å². The van der Waals surface area contributed by atoms with Crippen molar-refractivity contribution in [2.75, 3.05) is 12.0 Å². The first-order valence-corrected chi connectivity index (χ1v) is 5.02. The smallest absolute Gasteiger partial charge is 0.311 e. The Morgan fingerprint density at radius 2 is 2.12 bits per heavy atom. The molecule has 0 unspecified atom stereocenters. The van der Waals surface area contributed by atoms with E-state index < -0.39 is 17.6 Å². The van der Waals surface area contributed by atoms with E-state index in [2.05, 4.69) is 15.3 Å². The van der Waals surface area contributed by atoms with E-state index in [0.717, 1.165) is 12.1 Å². The molecule has 1 aromatic carbocycles. The lowest BCUT2D eigenvalue weighted by Crippen LogP contribution is -2.05. The molecule has 0 aliphatic carbocycles. The summed E-state index contributed by atoms with van der Waals surface area (Å²) in [7, 11) is 0. The van der Waals surface area contributed by atoms with E-state index >= 15 is 0 Å². The summed E-state index contributed by atoms with van der Waals surface area (Å²) in [4.78, 5) is 10.9. The summed E-state index contributed by atoms with van der Waals surface area (Å²) < 4.78 is 30.8. The van der Waals surface area contributed by atoms with E-state index in [9.17, 15) is 13.6 Å². The SMILES string of the molecule is CCOC(=O)CC=NNc1c(F)cccc1F. The average Bonchev–Trinajstić information content (AvgIpc) is 2.28. The lowest BCUT2D eigenvalue weighted by Gasteiger charge is -2.02. The number of halogens is 2. The van der Waals surface area contributed by atoms with Crippen molar-refractivity contribution in [3.63, 3.8) is 0 Å². The fourth-order valence-electron chi connectivity index (χ4n) is 1.05. The number of carbonyl (C=O) groups is 1. The van der Waals surface area contributed by atoms with Gasteiger partial charge in [-0.1, -0.05) is 6.07 Å². The molecule has 6 heteroatoms. The molecule has 92 valence electrons. The first-order valence-electron chi connectivity index (χ1n) is 5.02. The lowest BCUT2D eigenvalue weighted by molar-refractivity contribution is -0.141. The van der Waals surface area contributed by atoms with Gasteiger partial charge in [-0.05, 0) is 19.1 Å². The molecule has 0 aliphatic rings. The van der Waals surface area contributed by atoms with Crippen molar-refractivity contribution in [2.45, 2.75) is 13.3 Å². The Morgan fingerprint density at radius 3 is 2.71 bits per heavy atom. The highest BCUT2D eigenvalue weighted by Gasteiger charge is 2.06. The van der Waals surface area contributed by atoms with Crippen LogP contribution in [0.1, 0.15) is 13.3 Å². The summed E-state index contributed by atoms with van der Waals surface area (Å²) in [5.74, 6) is -1.95. The van der Waals surface area contributed by atoms with E-state index in [1.54, 1.807) is 6.92 Å². The molecule has 0 amide bonds. The Balaban J connectivity index is 2.50. The average molecular weight is 242 g/mol. The maximum Gasteiger partial charge on any atom is 0.311 e. The first kappa shape index (κ1) is 13.1. The van der Waals surface area contributed by atoms with E-state index in [1.807, 2.05) is 0 Å². The van der Waals surface area contributed by atoms with Gasteiger partial charge in [0, 0.05) is 6.21 Å². The number of rotatable bonds is 5. The normalized spacial score (nSPS) is 10.5. The Hall–Kier alpha value is -1.98. The Labute approximate surface area is 97.3 Å². The van der Waals surface area contributed by atoms with Gasteiger partial charge in [-0.3, -0.25) is 10.2 Å². The number of esters is 1. The predicted molar refractivity (Wildman–Crippen MR) is 59.7 cm³/mol. The Bertz CT molecular complexity index is 402. The zero-order chi connectivity index (χ0) is 12.7. The quantitative estimate of drug-likeness (QED) is 0.489. The minimum absolute atomic E-state index is 0.0586. The number of hydrazone groups is 1. The summed E-state index contributed by atoms with van der Waals surface area (Å²) >= 11 is 0. The Kier molecular flexibility index (Phi) is 5.06. The van der Waals surface area contributed by atoms with Crippen molar-refractivity contribution in [2.24, 2.45) is 5.10 Å². The van der Waals surface area contributed by atoms with Crippen LogP contribution in [-0.2, 0) is 9.53 Å².